The van der Waals surface area contributed by atoms with Crippen LogP contribution in [0.25, 0.3) is 0 Å². The summed E-state index contributed by atoms with van der Waals surface area (Å²) in [5.41, 5.74) is -0.290. The Morgan fingerprint density at radius 3 is 2.52 bits per heavy atom. The first-order chi connectivity index (χ1) is 10.2. The molecule has 1 amide bonds. The fourth-order valence-electron chi connectivity index (χ4n) is 3.96. The number of nitrogens with zero attached hydrogens (tertiary/aromatic N) is 1. The number of methoxy groups -OCH3 is 1. The third-order valence-corrected chi connectivity index (χ3v) is 5.38. The molecule has 0 atom stereocenters. The predicted molar refractivity (Wildman–Crippen MR) is 85.2 cm³/mol. The number of carbonyl (C=O) groups is 1. The molecule has 0 aromatic carbocycles. The van der Waals surface area contributed by atoms with E-state index in [1.807, 2.05) is 11.9 Å². The average molecular weight is 296 g/mol. The Morgan fingerprint density at radius 2 is 1.90 bits per heavy atom. The number of ether oxygens (including phenoxy) is 1. The van der Waals surface area contributed by atoms with Crippen molar-refractivity contribution in [1.82, 2.24) is 10.2 Å². The molecular formula is C17H32N2O2. The molecule has 122 valence electrons. The molecule has 1 aliphatic heterocycles. The topological polar surface area (TPSA) is 41.6 Å². The lowest BCUT2D eigenvalue weighted by atomic mass is 9.78. The summed E-state index contributed by atoms with van der Waals surface area (Å²) in [7, 11) is 3.68. The second-order valence-electron chi connectivity index (χ2n) is 6.98. The maximum Gasteiger partial charge on any atom is 0.230 e. The van der Waals surface area contributed by atoms with Crippen LogP contribution in [0.1, 0.15) is 51.4 Å². The monoisotopic (exact) mass is 296 g/mol. The highest BCUT2D eigenvalue weighted by Gasteiger charge is 2.41. The standard InChI is InChI=1S/C17H32N2O2/c1-19(13-8-15-6-4-3-5-7-15)16(20)17(14-21-2)9-11-18-12-10-17/h15,18H,3-14H2,1-2H3. The van der Waals surface area contributed by atoms with Crippen molar-refractivity contribution >= 4 is 5.91 Å². The molecule has 0 radical (unpaired) electrons. The Kier molecular flexibility index (Phi) is 6.49. The van der Waals surface area contributed by atoms with Gasteiger partial charge in [0.05, 0.1) is 12.0 Å². The van der Waals surface area contributed by atoms with E-state index >= 15 is 0 Å². The minimum Gasteiger partial charge on any atom is -0.384 e. The second kappa shape index (κ2) is 8.14. The number of piperidine rings is 1. The van der Waals surface area contributed by atoms with Crippen molar-refractivity contribution in [2.75, 3.05) is 40.4 Å². The zero-order chi connectivity index (χ0) is 15.1. The lowest BCUT2D eigenvalue weighted by Gasteiger charge is -2.38. The Labute approximate surface area is 129 Å². The Balaban J connectivity index is 1.86. The van der Waals surface area contributed by atoms with Gasteiger partial charge in [0.15, 0.2) is 0 Å². The molecule has 1 N–H and O–H groups in total. The van der Waals surface area contributed by atoms with Gasteiger partial charge in [0.1, 0.15) is 0 Å². The first kappa shape index (κ1) is 16.8. The minimum atomic E-state index is -0.290. The van der Waals surface area contributed by atoms with Crippen LogP contribution in [0.3, 0.4) is 0 Å². The molecule has 21 heavy (non-hydrogen) atoms. The second-order valence-corrected chi connectivity index (χ2v) is 6.98. The molecular weight excluding hydrogens is 264 g/mol. The minimum absolute atomic E-state index is 0.290. The Bertz CT molecular complexity index is 315. The lowest BCUT2D eigenvalue weighted by Crippen LogP contribution is -2.50. The van der Waals surface area contributed by atoms with Crippen molar-refractivity contribution in [3.05, 3.63) is 0 Å². The fourth-order valence-corrected chi connectivity index (χ4v) is 3.96. The largest absolute Gasteiger partial charge is 0.384 e. The number of carbonyl (C=O) groups excluding carboxylic acids is 1. The van der Waals surface area contributed by atoms with Gasteiger partial charge >= 0.3 is 0 Å². The third-order valence-electron chi connectivity index (χ3n) is 5.38. The maximum absolute atomic E-state index is 12.9. The highest BCUT2D eigenvalue weighted by atomic mass is 16.5. The van der Waals surface area contributed by atoms with Gasteiger partial charge in [-0.15, -0.1) is 0 Å². The van der Waals surface area contributed by atoms with E-state index in [-0.39, 0.29) is 5.41 Å². The highest BCUT2D eigenvalue weighted by molar-refractivity contribution is 5.82. The van der Waals surface area contributed by atoms with Gasteiger partial charge in [0.25, 0.3) is 0 Å². The van der Waals surface area contributed by atoms with E-state index in [9.17, 15) is 4.79 Å². The first-order valence-electron chi connectivity index (χ1n) is 8.63. The quantitative estimate of drug-likeness (QED) is 0.818. The predicted octanol–water partition coefficient (Wildman–Crippen LogP) is 2.43. The van der Waals surface area contributed by atoms with E-state index in [0.29, 0.717) is 12.5 Å². The molecule has 1 saturated heterocycles. The number of nitrogens with one attached hydrogen (secondary N) is 1. The summed E-state index contributed by atoms with van der Waals surface area (Å²) >= 11 is 0. The van der Waals surface area contributed by atoms with Crippen molar-refractivity contribution in [2.24, 2.45) is 11.3 Å². The Hall–Kier alpha value is -0.610. The molecule has 1 heterocycles. The summed E-state index contributed by atoms with van der Waals surface area (Å²) in [4.78, 5) is 14.9. The molecule has 1 saturated carbocycles. The molecule has 0 aromatic heterocycles. The van der Waals surface area contributed by atoms with Crippen molar-refractivity contribution < 1.29 is 9.53 Å². The van der Waals surface area contributed by atoms with Crippen molar-refractivity contribution in [3.8, 4) is 0 Å². The summed E-state index contributed by atoms with van der Waals surface area (Å²) in [5.74, 6) is 1.13. The van der Waals surface area contributed by atoms with Crippen LogP contribution in [0.2, 0.25) is 0 Å². The van der Waals surface area contributed by atoms with Gasteiger partial charge < -0.3 is 15.0 Å². The maximum atomic E-state index is 12.9. The Morgan fingerprint density at radius 1 is 1.24 bits per heavy atom. The molecule has 2 rings (SSSR count). The molecule has 2 fully saturated rings. The van der Waals surface area contributed by atoms with Crippen molar-refractivity contribution in [3.63, 3.8) is 0 Å². The van der Waals surface area contributed by atoms with E-state index in [4.69, 9.17) is 4.74 Å². The normalized spacial score (nSPS) is 23.0. The average Bonchev–Trinajstić information content (AvgIpc) is 2.54. The van der Waals surface area contributed by atoms with Gasteiger partial charge in [-0.25, -0.2) is 0 Å². The first-order valence-corrected chi connectivity index (χ1v) is 8.63. The molecule has 2 aliphatic rings. The van der Waals surface area contributed by atoms with Crippen LogP contribution in [0.4, 0.5) is 0 Å². The van der Waals surface area contributed by atoms with Gasteiger partial charge in [-0.2, -0.15) is 0 Å². The van der Waals surface area contributed by atoms with Crippen LogP contribution in [0, 0.1) is 11.3 Å². The molecule has 0 unspecified atom stereocenters. The summed E-state index contributed by atoms with van der Waals surface area (Å²) < 4.78 is 5.38. The molecule has 4 nitrogen and oxygen atoms in total. The van der Waals surface area contributed by atoms with Gasteiger partial charge in [-0.3, -0.25) is 4.79 Å². The molecule has 0 bridgehead atoms. The molecule has 0 aromatic rings. The SMILES string of the molecule is COCC1(C(=O)N(C)CCC2CCCCC2)CCNCC1. The number of rotatable bonds is 6. The summed E-state index contributed by atoms with van der Waals surface area (Å²) in [6.07, 6.45) is 9.83. The van der Waals surface area contributed by atoms with Gasteiger partial charge in [0.2, 0.25) is 5.91 Å². The van der Waals surface area contributed by atoms with E-state index in [0.717, 1.165) is 38.4 Å². The van der Waals surface area contributed by atoms with Crippen LogP contribution >= 0.6 is 0 Å². The van der Waals surface area contributed by atoms with Crippen LogP contribution in [0.15, 0.2) is 0 Å². The van der Waals surface area contributed by atoms with Crippen LogP contribution in [-0.2, 0) is 9.53 Å². The van der Waals surface area contributed by atoms with E-state index in [1.54, 1.807) is 7.11 Å². The lowest BCUT2D eigenvalue weighted by molar-refractivity contribution is -0.146. The van der Waals surface area contributed by atoms with Gasteiger partial charge in [0, 0.05) is 20.7 Å². The third kappa shape index (κ3) is 4.43. The van der Waals surface area contributed by atoms with Crippen molar-refractivity contribution in [2.45, 2.75) is 51.4 Å². The summed E-state index contributed by atoms with van der Waals surface area (Å²) in [5, 5.41) is 3.35. The summed E-state index contributed by atoms with van der Waals surface area (Å²) in [6, 6.07) is 0. The number of amides is 1. The van der Waals surface area contributed by atoms with Crippen LogP contribution < -0.4 is 5.32 Å². The van der Waals surface area contributed by atoms with Gasteiger partial charge in [-0.05, 0) is 38.3 Å². The van der Waals surface area contributed by atoms with E-state index < -0.39 is 0 Å². The fraction of sp³-hybridized carbons (Fsp3) is 0.941. The molecule has 4 heteroatoms. The van der Waals surface area contributed by atoms with E-state index in [2.05, 4.69) is 5.32 Å². The van der Waals surface area contributed by atoms with E-state index in [1.165, 1.54) is 38.5 Å². The number of hydrogen-bond acceptors (Lipinski definition) is 3. The molecule has 0 spiro atoms. The molecule has 1 aliphatic carbocycles. The smallest absolute Gasteiger partial charge is 0.230 e. The zero-order valence-corrected chi connectivity index (χ0v) is 13.8. The number of hydrogen-bond donors (Lipinski definition) is 1. The van der Waals surface area contributed by atoms with Crippen LogP contribution in [-0.4, -0.2) is 51.2 Å². The van der Waals surface area contributed by atoms with Crippen LogP contribution in [0.5, 0.6) is 0 Å². The van der Waals surface area contributed by atoms with Crippen molar-refractivity contribution in [1.29, 1.82) is 0 Å². The summed E-state index contributed by atoms with van der Waals surface area (Å²) in [6.45, 7) is 3.31. The van der Waals surface area contributed by atoms with Gasteiger partial charge in [-0.1, -0.05) is 32.1 Å². The zero-order valence-electron chi connectivity index (χ0n) is 13.8. The highest BCUT2D eigenvalue weighted by Crippen LogP contribution is 2.32.